The highest BCUT2D eigenvalue weighted by Gasteiger charge is 2.33. The van der Waals surface area contributed by atoms with Gasteiger partial charge in [-0.2, -0.15) is 0 Å². The Morgan fingerprint density at radius 1 is 1.17 bits per heavy atom. The van der Waals surface area contributed by atoms with Gasteiger partial charge >= 0.3 is 5.97 Å². The number of allylic oxidation sites excluding steroid dienone is 1. The zero-order valence-corrected chi connectivity index (χ0v) is 21.2. The average Bonchev–Trinajstić information content (AvgIpc) is 3.13. The number of carbonyl (C=O) groups is 1. The number of fused-ring (bicyclic) bond motifs is 1. The highest BCUT2D eigenvalue weighted by Crippen LogP contribution is 2.32. The Morgan fingerprint density at radius 2 is 1.89 bits per heavy atom. The summed E-state index contributed by atoms with van der Waals surface area (Å²) in [6.07, 6.45) is 1.49. The minimum absolute atomic E-state index is 0.235. The second-order valence-corrected chi connectivity index (χ2v) is 9.29. The van der Waals surface area contributed by atoms with Crippen molar-refractivity contribution in [3.63, 3.8) is 0 Å². The largest absolute Gasteiger partial charge is 0.496 e. The second-order valence-electron chi connectivity index (χ2n) is 8.28. The van der Waals surface area contributed by atoms with E-state index in [0.717, 1.165) is 11.1 Å². The van der Waals surface area contributed by atoms with Gasteiger partial charge in [0, 0.05) is 5.56 Å². The number of hydrogen-bond donors (Lipinski definition) is 0. The topological polar surface area (TPSA) is 79.1 Å². The molecule has 8 heteroatoms. The SMILES string of the molecule is CCOc1ccc([C@H]2C(C(=O)OC(C)C)=C(C)N=c3s/c(=C/c4ccccc4OC)c(=O)n32)cc1. The summed E-state index contributed by atoms with van der Waals surface area (Å²) in [5.41, 5.74) is 2.19. The third-order valence-corrected chi connectivity index (χ3v) is 6.50. The van der Waals surface area contributed by atoms with Crippen molar-refractivity contribution >= 4 is 23.4 Å². The average molecular weight is 493 g/mol. The predicted molar refractivity (Wildman–Crippen MR) is 136 cm³/mol. The van der Waals surface area contributed by atoms with Crippen LogP contribution < -0.4 is 24.4 Å². The van der Waals surface area contributed by atoms with Gasteiger partial charge in [-0.05, 0) is 57.5 Å². The quantitative estimate of drug-likeness (QED) is 0.471. The molecule has 0 N–H and O–H groups in total. The van der Waals surface area contributed by atoms with Crippen LogP contribution in [0.3, 0.4) is 0 Å². The number of esters is 1. The van der Waals surface area contributed by atoms with Crippen molar-refractivity contribution < 1.29 is 19.0 Å². The molecule has 2 aromatic carbocycles. The van der Waals surface area contributed by atoms with Gasteiger partial charge in [-0.15, -0.1) is 0 Å². The third-order valence-electron chi connectivity index (χ3n) is 5.52. The molecule has 4 rings (SSSR count). The molecule has 0 fully saturated rings. The zero-order chi connectivity index (χ0) is 25.1. The number of para-hydroxylation sites is 1. The second kappa shape index (κ2) is 10.3. The van der Waals surface area contributed by atoms with Gasteiger partial charge in [0.15, 0.2) is 4.80 Å². The lowest BCUT2D eigenvalue weighted by atomic mass is 9.96. The van der Waals surface area contributed by atoms with Crippen molar-refractivity contribution in [3.05, 3.63) is 90.6 Å². The summed E-state index contributed by atoms with van der Waals surface area (Å²) in [4.78, 5) is 32.0. The fourth-order valence-corrected chi connectivity index (χ4v) is 5.05. The van der Waals surface area contributed by atoms with Crippen molar-refractivity contribution in [2.75, 3.05) is 13.7 Å². The molecule has 35 heavy (non-hydrogen) atoms. The number of hydrogen-bond acceptors (Lipinski definition) is 7. The molecule has 182 valence electrons. The van der Waals surface area contributed by atoms with Crippen molar-refractivity contribution in [2.24, 2.45) is 4.99 Å². The van der Waals surface area contributed by atoms with Gasteiger partial charge in [0.1, 0.15) is 11.5 Å². The van der Waals surface area contributed by atoms with Gasteiger partial charge in [-0.3, -0.25) is 9.36 Å². The maximum absolute atomic E-state index is 13.7. The van der Waals surface area contributed by atoms with Crippen molar-refractivity contribution in [3.8, 4) is 11.5 Å². The molecular weight excluding hydrogens is 464 g/mol. The van der Waals surface area contributed by atoms with Gasteiger partial charge in [-0.1, -0.05) is 41.7 Å². The molecule has 0 spiro atoms. The molecule has 1 aliphatic heterocycles. The summed E-state index contributed by atoms with van der Waals surface area (Å²) in [7, 11) is 1.59. The normalized spacial score (nSPS) is 15.6. The van der Waals surface area contributed by atoms with E-state index in [4.69, 9.17) is 14.2 Å². The maximum atomic E-state index is 13.7. The molecule has 0 aliphatic carbocycles. The number of carbonyl (C=O) groups excluding carboxylic acids is 1. The van der Waals surface area contributed by atoms with Crippen LogP contribution in [0.4, 0.5) is 0 Å². The van der Waals surface area contributed by atoms with E-state index < -0.39 is 12.0 Å². The fourth-order valence-electron chi connectivity index (χ4n) is 4.02. The van der Waals surface area contributed by atoms with Crippen molar-refractivity contribution in [1.29, 1.82) is 0 Å². The fraction of sp³-hybridized carbons (Fsp3) is 0.296. The maximum Gasteiger partial charge on any atom is 0.338 e. The van der Waals surface area contributed by atoms with Gasteiger partial charge in [-0.25, -0.2) is 9.79 Å². The van der Waals surface area contributed by atoms with E-state index in [2.05, 4.69) is 4.99 Å². The number of thiazole rings is 1. The Labute approximate surface area is 207 Å². The zero-order valence-electron chi connectivity index (χ0n) is 20.4. The van der Waals surface area contributed by atoms with Gasteiger partial charge in [0.25, 0.3) is 5.56 Å². The van der Waals surface area contributed by atoms with Gasteiger partial charge in [0.2, 0.25) is 0 Å². The summed E-state index contributed by atoms with van der Waals surface area (Å²) in [6, 6.07) is 14.2. The monoisotopic (exact) mass is 492 g/mol. The molecule has 1 aromatic heterocycles. The Bertz CT molecular complexity index is 1450. The minimum atomic E-state index is -0.673. The van der Waals surface area contributed by atoms with Crippen LogP contribution in [-0.2, 0) is 9.53 Å². The Kier molecular flexibility index (Phi) is 7.21. The Balaban J connectivity index is 1.92. The number of ether oxygens (including phenoxy) is 3. The standard InChI is InChI=1S/C27H28N2O5S/c1-6-33-20-13-11-18(12-14-20)24-23(26(31)34-16(2)3)17(4)28-27-29(24)25(30)22(35-27)15-19-9-7-8-10-21(19)32-5/h7-16,24H,6H2,1-5H3/b22-15+/t24-/m0/s1. The number of rotatable bonds is 7. The van der Waals surface area contributed by atoms with Crippen LogP contribution in [0, 0.1) is 0 Å². The summed E-state index contributed by atoms with van der Waals surface area (Å²) < 4.78 is 18.6. The lowest BCUT2D eigenvalue weighted by molar-refractivity contribution is -0.143. The predicted octanol–water partition coefficient (Wildman–Crippen LogP) is 3.59. The Hall–Kier alpha value is -3.65. The molecular formula is C27H28N2O5S. The number of benzene rings is 2. The van der Waals surface area contributed by atoms with Crippen LogP contribution in [0.1, 0.15) is 44.9 Å². The Morgan fingerprint density at radius 3 is 2.54 bits per heavy atom. The van der Waals surface area contributed by atoms with E-state index in [9.17, 15) is 9.59 Å². The lowest BCUT2D eigenvalue weighted by Gasteiger charge is -2.25. The van der Waals surface area contributed by atoms with E-state index in [1.165, 1.54) is 11.3 Å². The first kappa shape index (κ1) is 24.5. The van der Waals surface area contributed by atoms with Gasteiger partial charge in [0.05, 0.1) is 41.7 Å². The highest BCUT2D eigenvalue weighted by atomic mass is 32.1. The molecule has 1 atom stereocenters. The molecule has 0 unspecified atom stereocenters. The first-order valence-corrected chi connectivity index (χ1v) is 12.2. The van der Waals surface area contributed by atoms with Crippen LogP contribution >= 0.6 is 11.3 Å². The first-order valence-electron chi connectivity index (χ1n) is 11.4. The van der Waals surface area contributed by atoms with Crippen LogP contribution in [0.15, 0.2) is 69.6 Å². The summed E-state index contributed by atoms with van der Waals surface area (Å²) in [5, 5.41) is 0. The molecule has 0 amide bonds. The first-order chi connectivity index (χ1) is 16.8. The van der Waals surface area contributed by atoms with E-state index in [1.807, 2.05) is 55.5 Å². The smallest absolute Gasteiger partial charge is 0.338 e. The van der Waals surface area contributed by atoms with Crippen LogP contribution in [0.2, 0.25) is 0 Å². The molecule has 2 heterocycles. The van der Waals surface area contributed by atoms with Crippen LogP contribution in [0.5, 0.6) is 11.5 Å². The molecule has 3 aromatic rings. The molecule has 0 radical (unpaired) electrons. The van der Waals surface area contributed by atoms with Crippen LogP contribution in [-0.4, -0.2) is 30.4 Å². The number of aromatic nitrogens is 1. The molecule has 7 nitrogen and oxygen atoms in total. The third kappa shape index (κ3) is 4.93. The molecule has 0 bridgehead atoms. The number of methoxy groups -OCH3 is 1. The van der Waals surface area contributed by atoms with E-state index in [-0.39, 0.29) is 11.7 Å². The van der Waals surface area contributed by atoms with Gasteiger partial charge < -0.3 is 14.2 Å². The lowest BCUT2D eigenvalue weighted by Crippen LogP contribution is -2.40. The molecule has 0 saturated heterocycles. The van der Waals surface area contributed by atoms with E-state index in [0.29, 0.717) is 38.7 Å². The number of nitrogens with zero attached hydrogens (tertiary/aromatic N) is 2. The van der Waals surface area contributed by atoms with Crippen LogP contribution in [0.25, 0.3) is 6.08 Å². The molecule has 1 aliphatic rings. The van der Waals surface area contributed by atoms with E-state index in [1.54, 1.807) is 38.5 Å². The summed E-state index contributed by atoms with van der Waals surface area (Å²) >= 11 is 1.28. The minimum Gasteiger partial charge on any atom is -0.496 e. The summed E-state index contributed by atoms with van der Waals surface area (Å²) in [6.45, 7) is 7.82. The molecule has 0 saturated carbocycles. The summed E-state index contributed by atoms with van der Waals surface area (Å²) in [5.74, 6) is 0.893. The van der Waals surface area contributed by atoms with E-state index >= 15 is 0 Å². The van der Waals surface area contributed by atoms with Crippen molar-refractivity contribution in [2.45, 2.75) is 39.8 Å². The highest BCUT2D eigenvalue weighted by molar-refractivity contribution is 7.07. The van der Waals surface area contributed by atoms with Crippen molar-refractivity contribution in [1.82, 2.24) is 4.57 Å².